The summed E-state index contributed by atoms with van der Waals surface area (Å²) in [6, 6.07) is 17.3. The third-order valence-electron chi connectivity index (χ3n) is 8.85. The Hall–Kier alpha value is -2.70. The largest absolute Gasteiger partial charge is 0.427 e. The highest BCUT2D eigenvalue weighted by molar-refractivity contribution is 5.94. The average Bonchev–Trinajstić information content (AvgIpc) is 3.70. The average molecular weight is 519 g/mol. The highest BCUT2D eigenvalue weighted by Gasteiger charge is 2.58. The Bertz CT molecular complexity index is 1150. The Kier molecular flexibility index (Phi) is 7.65. The fourth-order valence-electron chi connectivity index (χ4n) is 6.88. The van der Waals surface area contributed by atoms with E-state index in [1.165, 1.54) is 19.8 Å². The van der Waals surface area contributed by atoms with E-state index in [0.717, 1.165) is 37.4 Å². The molecular weight excluding hydrogens is 476 g/mol. The van der Waals surface area contributed by atoms with E-state index in [2.05, 4.69) is 29.7 Å². The fraction of sp³-hybridized carbons (Fsp3) is 0.562. The van der Waals surface area contributed by atoms with Gasteiger partial charge in [0.2, 0.25) is 0 Å². The normalized spacial score (nSPS) is 27.6. The van der Waals surface area contributed by atoms with E-state index in [-0.39, 0.29) is 17.9 Å². The molecule has 1 amide bonds. The molecule has 2 saturated carbocycles. The lowest BCUT2D eigenvalue weighted by Crippen LogP contribution is -2.67. The van der Waals surface area contributed by atoms with Gasteiger partial charge in [0.15, 0.2) is 0 Å². The lowest BCUT2D eigenvalue weighted by atomic mass is 9.55. The number of β-amino-alcohol motifs (C(OH)–C–C–N with tert-alkyl or cyclic N) is 1. The van der Waals surface area contributed by atoms with Crippen LogP contribution in [0.25, 0.3) is 0 Å². The number of benzene rings is 2. The van der Waals surface area contributed by atoms with E-state index in [4.69, 9.17) is 4.74 Å². The van der Waals surface area contributed by atoms with Gasteiger partial charge in [0.05, 0.1) is 5.60 Å². The molecule has 3 fully saturated rings. The zero-order valence-electron chi connectivity index (χ0n) is 23.1. The van der Waals surface area contributed by atoms with Crippen molar-refractivity contribution in [3.05, 3.63) is 65.7 Å². The molecule has 38 heavy (non-hydrogen) atoms. The van der Waals surface area contributed by atoms with Crippen LogP contribution in [0.3, 0.4) is 0 Å². The maximum atomic E-state index is 13.8. The summed E-state index contributed by atoms with van der Waals surface area (Å²) >= 11 is 0. The van der Waals surface area contributed by atoms with Gasteiger partial charge in [-0.15, -0.1) is 0 Å². The smallest absolute Gasteiger partial charge is 0.308 e. The second kappa shape index (κ2) is 10.8. The third-order valence-corrected chi connectivity index (χ3v) is 8.85. The summed E-state index contributed by atoms with van der Waals surface area (Å²) in [6.07, 6.45) is 5.48. The number of hydrogen-bond acceptors (Lipinski definition) is 5. The molecule has 2 aliphatic carbocycles. The van der Waals surface area contributed by atoms with Gasteiger partial charge in [0.1, 0.15) is 5.75 Å². The highest BCUT2D eigenvalue weighted by atomic mass is 16.5. The molecular formula is C32H42N2O4. The van der Waals surface area contributed by atoms with Crippen LogP contribution in [0, 0.1) is 11.8 Å². The van der Waals surface area contributed by atoms with Gasteiger partial charge in [0.25, 0.3) is 5.91 Å². The van der Waals surface area contributed by atoms with E-state index in [1.807, 2.05) is 42.5 Å². The quantitative estimate of drug-likeness (QED) is 0.391. The Morgan fingerprint density at radius 1 is 1.08 bits per heavy atom. The molecule has 1 heterocycles. The van der Waals surface area contributed by atoms with Gasteiger partial charge >= 0.3 is 5.97 Å². The number of piperidine rings is 1. The monoisotopic (exact) mass is 518 g/mol. The number of esters is 1. The van der Waals surface area contributed by atoms with E-state index in [9.17, 15) is 14.7 Å². The molecule has 6 nitrogen and oxygen atoms in total. The van der Waals surface area contributed by atoms with Crippen molar-refractivity contribution in [2.24, 2.45) is 11.8 Å². The molecule has 3 aliphatic rings. The van der Waals surface area contributed by atoms with E-state index >= 15 is 0 Å². The first-order valence-corrected chi connectivity index (χ1v) is 14.3. The summed E-state index contributed by atoms with van der Waals surface area (Å²) in [5.41, 5.74) is 0.272. The van der Waals surface area contributed by atoms with Crippen molar-refractivity contribution in [3.63, 3.8) is 0 Å². The fourth-order valence-corrected chi connectivity index (χ4v) is 6.88. The van der Waals surface area contributed by atoms with Crippen molar-refractivity contribution in [2.45, 2.75) is 76.4 Å². The predicted octanol–water partition coefficient (Wildman–Crippen LogP) is 5.05. The number of rotatable bonds is 8. The second-order valence-electron chi connectivity index (χ2n) is 12.3. The lowest BCUT2D eigenvalue weighted by molar-refractivity contribution is -0.134. The van der Waals surface area contributed by atoms with Gasteiger partial charge < -0.3 is 19.6 Å². The third kappa shape index (κ3) is 5.52. The maximum absolute atomic E-state index is 13.8. The number of ether oxygens (including phenoxy) is 1. The molecule has 1 saturated heterocycles. The number of likely N-dealkylation sites (tertiary alicyclic amines) is 1. The maximum Gasteiger partial charge on any atom is 0.308 e. The van der Waals surface area contributed by atoms with Crippen molar-refractivity contribution >= 4 is 11.9 Å². The number of aliphatic hydroxyl groups is 1. The minimum atomic E-state index is -0.912. The Morgan fingerprint density at radius 3 is 2.53 bits per heavy atom. The molecule has 1 N–H and O–H groups in total. The second-order valence-corrected chi connectivity index (χ2v) is 12.3. The van der Waals surface area contributed by atoms with Gasteiger partial charge in [-0.2, -0.15) is 0 Å². The zero-order valence-corrected chi connectivity index (χ0v) is 23.1. The lowest BCUT2D eigenvalue weighted by Gasteiger charge is -2.59. The van der Waals surface area contributed by atoms with Crippen molar-refractivity contribution in [3.8, 4) is 5.75 Å². The van der Waals surface area contributed by atoms with E-state index in [1.54, 1.807) is 6.07 Å². The minimum absolute atomic E-state index is 0.0118. The molecule has 6 heteroatoms. The Balaban J connectivity index is 1.51. The van der Waals surface area contributed by atoms with Gasteiger partial charge in [-0.3, -0.25) is 9.59 Å². The molecule has 0 bridgehead atoms. The van der Waals surface area contributed by atoms with Gasteiger partial charge in [-0.1, -0.05) is 44.2 Å². The van der Waals surface area contributed by atoms with Crippen molar-refractivity contribution in [1.82, 2.24) is 9.80 Å². The van der Waals surface area contributed by atoms with E-state index < -0.39 is 11.0 Å². The molecule has 3 atom stereocenters. The number of nitrogens with zero attached hydrogens (tertiary/aromatic N) is 2. The van der Waals surface area contributed by atoms with Crippen LogP contribution in [0.1, 0.15) is 75.2 Å². The van der Waals surface area contributed by atoms with Gasteiger partial charge in [0, 0.05) is 43.6 Å². The number of amides is 1. The summed E-state index contributed by atoms with van der Waals surface area (Å²) in [5, 5.41) is 12.5. The molecule has 204 valence electrons. The molecule has 0 aromatic heterocycles. The van der Waals surface area contributed by atoms with Crippen molar-refractivity contribution in [2.75, 3.05) is 26.2 Å². The van der Waals surface area contributed by atoms with E-state index in [0.29, 0.717) is 43.2 Å². The number of carbonyl (C=O) groups is 2. The Morgan fingerprint density at radius 2 is 1.84 bits per heavy atom. The van der Waals surface area contributed by atoms with Gasteiger partial charge in [-0.05, 0) is 86.7 Å². The van der Waals surface area contributed by atoms with Crippen LogP contribution in [0.5, 0.6) is 5.75 Å². The van der Waals surface area contributed by atoms with Crippen LogP contribution < -0.4 is 4.74 Å². The SMILES string of the molecule is CC(=O)Oc1cccc([C@@]23CCN(CC4CC4)C[C@@]2(O)CC[C@H](N(CC(C)C)C(=O)c2ccccc2)C3)c1. The summed E-state index contributed by atoms with van der Waals surface area (Å²) in [5.74, 6) is 1.30. The first-order valence-electron chi connectivity index (χ1n) is 14.3. The summed E-state index contributed by atoms with van der Waals surface area (Å²) < 4.78 is 5.46. The predicted molar refractivity (Wildman–Crippen MR) is 148 cm³/mol. The molecule has 5 rings (SSSR count). The summed E-state index contributed by atoms with van der Waals surface area (Å²) in [4.78, 5) is 30.1. The minimum Gasteiger partial charge on any atom is -0.427 e. The van der Waals surface area contributed by atoms with Crippen LogP contribution >= 0.6 is 0 Å². The number of fused-ring (bicyclic) bond motifs is 1. The van der Waals surface area contributed by atoms with Crippen LogP contribution in [0.2, 0.25) is 0 Å². The van der Waals surface area contributed by atoms with Crippen LogP contribution in [-0.2, 0) is 10.2 Å². The molecule has 2 aromatic rings. The molecule has 2 aromatic carbocycles. The highest BCUT2D eigenvalue weighted by Crippen LogP contribution is 2.53. The van der Waals surface area contributed by atoms with Crippen LogP contribution in [0.15, 0.2) is 54.6 Å². The topological polar surface area (TPSA) is 70.1 Å². The molecule has 0 radical (unpaired) electrons. The molecule has 1 aliphatic heterocycles. The number of carbonyl (C=O) groups excluding carboxylic acids is 2. The standard InChI is InChI=1S/C32H42N2O4/c1-23(2)20-34(30(36)26-8-5-4-6-9-26)28-14-15-32(37)22-33(21-25-12-13-25)17-16-31(32,19-28)27-10-7-11-29(18-27)38-24(3)35/h4-11,18,23,25,28,37H,12-17,19-22H2,1-3H3/t28-,31-,32-/m0/s1. The number of hydrogen-bond donors (Lipinski definition) is 1. The molecule has 0 spiro atoms. The van der Waals surface area contributed by atoms with Crippen LogP contribution in [-0.4, -0.2) is 64.6 Å². The van der Waals surface area contributed by atoms with Crippen molar-refractivity contribution < 1.29 is 19.4 Å². The summed E-state index contributed by atoms with van der Waals surface area (Å²) in [7, 11) is 0. The first kappa shape index (κ1) is 26.9. The Labute approximate surface area is 227 Å². The summed E-state index contributed by atoms with van der Waals surface area (Å²) in [6.45, 7) is 9.01. The van der Waals surface area contributed by atoms with Crippen LogP contribution in [0.4, 0.5) is 0 Å². The molecule has 0 unspecified atom stereocenters. The zero-order chi connectivity index (χ0) is 26.9. The van der Waals surface area contributed by atoms with Crippen molar-refractivity contribution in [1.29, 1.82) is 0 Å². The van der Waals surface area contributed by atoms with Gasteiger partial charge in [-0.25, -0.2) is 0 Å². The first-order chi connectivity index (χ1) is 18.2.